The first-order valence-electron chi connectivity index (χ1n) is 9.03. The highest BCUT2D eigenvalue weighted by molar-refractivity contribution is 6.30. The van der Waals surface area contributed by atoms with Crippen LogP contribution in [0.1, 0.15) is 32.1 Å². The van der Waals surface area contributed by atoms with Crippen LogP contribution in [0.2, 0.25) is 5.02 Å². The summed E-state index contributed by atoms with van der Waals surface area (Å²) >= 11 is 5.56. The quantitative estimate of drug-likeness (QED) is 0.535. The lowest BCUT2D eigenvalue weighted by Gasteiger charge is -2.56. The van der Waals surface area contributed by atoms with Gasteiger partial charge in [0.15, 0.2) is 6.61 Å². The number of nitrogens with two attached hydrogens (primary N) is 1. The van der Waals surface area contributed by atoms with Crippen molar-refractivity contribution < 1.29 is 41.8 Å². The van der Waals surface area contributed by atoms with Crippen molar-refractivity contribution in [2.24, 2.45) is 5.73 Å². The number of hydroxylamine groups is 2. The molecule has 3 saturated carbocycles. The van der Waals surface area contributed by atoms with E-state index in [9.17, 15) is 32.3 Å². The van der Waals surface area contributed by atoms with E-state index in [0.717, 1.165) is 6.07 Å². The molecule has 0 aromatic heterocycles. The summed E-state index contributed by atoms with van der Waals surface area (Å²) < 4.78 is 57.0. The van der Waals surface area contributed by atoms with Crippen molar-refractivity contribution >= 4 is 23.5 Å². The van der Waals surface area contributed by atoms with Crippen LogP contribution in [0.4, 0.5) is 17.6 Å². The second-order valence-electron chi connectivity index (χ2n) is 7.61. The first-order valence-corrected chi connectivity index (χ1v) is 9.41. The van der Waals surface area contributed by atoms with Gasteiger partial charge in [0.05, 0.1) is 16.7 Å². The number of nitrogens with zero attached hydrogens (tertiary/aromatic N) is 1. The molecular formula is C18H19ClF4N2O5. The Morgan fingerprint density at radius 2 is 1.90 bits per heavy atom. The van der Waals surface area contributed by atoms with Crippen molar-refractivity contribution in [3.63, 3.8) is 0 Å². The normalized spacial score (nSPS) is 28.2. The number of carbonyl (C=O) groups is 2. The van der Waals surface area contributed by atoms with E-state index in [4.69, 9.17) is 22.1 Å². The number of alkyl halides is 3. The van der Waals surface area contributed by atoms with Crippen LogP contribution in [0.15, 0.2) is 18.2 Å². The standard InChI is InChI=1S/C18H19ClF4N2O5/c19-11-2-1-10(7-12(11)20)29-9-14(27)25(30-15(28)18(21,22)23)16-3-5-17(24,6-4-16)13(26)8-16/h1-2,7,13,26H,3-6,8-9,24H2/t13-,16?,17?/m0/s1. The van der Waals surface area contributed by atoms with Crippen LogP contribution in [0.3, 0.4) is 0 Å². The van der Waals surface area contributed by atoms with Gasteiger partial charge in [-0.3, -0.25) is 4.79 Å². The molecule has 0 aliphatic heterocycles. The Bertz CT molecular complexity index is 842. The Morgan fingerprint density at radius 1 is 1.27 bits per heavy atom. The summed E-state index contributed by atoms with van der Waals surface area (Å²) in [6, 6.07) is 3.33. The minimum atomic E-state index is -5.34. The number of aliphatic hydroxyl groups is 1. The van der Waals surface area contributed by atoms with Crippen molar-refractivity contribution in [3.05, 3.63) is 29.0 Å². The van der Waals surface area contributed by atoms with Gasteiger partial charge in [-0.15, -0.1) is 0 Å². The van der Waals surface area contributed by atoms with Crippen LogP contribution in [-0.4, -0.2) is 52.0 Å². The molecule has 1 amide bonds. The lowest BCUT2D eigenvalue weighted by molar-refractivity contribution is -0.268. The minimum Gasteiger partial charge on any atom is -0.484 e. The lowest BCUT2D eigenvalue weighted by atomic mass is 9.60. The molecular weight excluding hydrogens is 436 g/mol. The third-order valence-electron chi connectivity index (χ3n) is 5.66. The molecule has 12 heteroatoms. The second-order valence-corrected chi connectivity index (χ2v) is 8.01. The number of ether oxygens (including phenoxy) is 1. The van der Waals surface area contributed by atoms with E-state index >= 15 is 0 Å². The molecule has 0 saturated heterocycles. The average molecular weight is 455 g/mol. The Balaban J connectivity index is 1.81. The largest absolute Gasteiger partial charge is 0.493 e. The number of rotatable bonds is 4. The number of hydrogen-bond donors (Lipinski definition) is 2. The summed E-state index contributed by atoms with van der Waals surface area (Å²) in [5.41, 5.74) is 3.84. The first-order chi connectivity index (χ1) is 13.9. The van der Waals surface area contributed by atoms with Gasteiger partial charge < -0.3 is 20.4 Å². The molecule has 3 aliphatic carbocycles. The SMILES string of the molecule is NC12CCC(N(OC(=O)C(F)(F)F)C(=O)COc3ccc(Cl)c(F)c3)(CC1)C[C@@H]2O. The maximum absolute atomic E-state index is 13.5. The second kappa shape index (κ2) is 7.86. The number of carbonyl (C=O) groups excluding carboxylic acids is 2. The first kappa shape index (κ1) is 22.6. The van der Waals surface area contributed by atoms with Crippen LogP contribution in [0.25, 0.3) is 0 Å². The number of benzene rings is 1. The zero-order chi connectivity index (χ0) is 22.3. The number of amides is 1. The van der Waals surface area contributed by atoms with Crippen LogP contribution in [0, 0.1) is 5.82 Å². The van der Waals surface area contributed by atoms with Gasteiger partial charge in [-0.2, -0.15) is 18.2 Å². The summed E-state index contributed by atoms with van der Waals surface area (Å²) in [5.74, 6) is -4.59. The zero-order valence-electron chi connectivity index (χ0n) is 15.5. The highest BCUT2D eigenvalue weighted by Crippen LogP contribution is 2.49. The Labute approximate surface area is 173 Å². The van der Waals surface area contributed by atoms with E-state index in [1.807, 2.05) is 0 Å². The third-order valence-corrected chi connectivity index (χ3v) is 5.97. The van der Waals surface area contributed by atoms with Gasteiger partial charge >= 0.3 is 12.1 Å². The molecule has 0 unspecified atom stereocenters. The maximum atomic E-state index is 13.5. The van der Waals surface area contributed by atoms with E-state index in [2.05, 4.69) is 4.84 Å². The van der Waals surface area contributed by atoms with Gasteiger partial charge in [-0.1, -0.05) is 11.6 Å². The van der Waals surface area contributed by atoms with Crippen molar-refractivity contribution in [1.82, 2.24) is 5.06 Å². The number of fused-ring (bicyclic) bond motifs is 3. The van der Waals surface area contributed by atoms with Gasteiger partial charge in [0.1, 0.15) is 11.6 Å². The highest BCUT2D eigenvalue weighted by Gasteiger charge is 2.58. The van der Waals surface area contributed by atoms with Crippen LogP contribution in [0.5, 0.6) is 5.75 Å². The molecule has 3 N–H and O–H groups in total. The molecule has 0 heterocycles. The molecule has 4 rings (SSSR count). The van der Waals surface area contributed by atoms with Gasteiger partial charge in [-0.25, -0.2) is 9.18 Å². The van der Waals surface area contributed by atoms with E-state index in [1.165, 1.54) is 12.1 Å². The average Bonchev–Trinajstić information content (AvgIpc) is 2.67. The monoisotopic (exact) mass is 454 g/mol. The van der Waals surface area contributed by atoms with Crippen molar-refractivity contribution in [2.75, 3.05) is 6.61 Å². The van der Waals surface area contributed by atoms with Gasteiger partial charge in [-0.05, 0) is 37.8 Å². The van der Waals surface area contributed by atoms with Crippen LogP contribution >= 0.6 is 11.6 Å². The van der Waals surface area contributed by atoms with Crippen LogP contribution < -0.4 is 10.5 Å². The fraction of sp³-hybridized carbons (Fsp3) is 0.556. The summed E-state index contributed by atoms with van der Waals surface area (Å²) in [5, 5.41) is 10.5. The van der Waals surface area contributed by atoms with Gasteiger partial charge in [0, 0.05) is 18.0 Å². The van der Waals surface area contributed by atoms with Crippen molar-refractivity contribution in [3.8, 4) is 5.75 Å². The highest BCUT2D eigenvalue weighted by atomic mass is 35.5. The minimum absolute atomic E-state index is 0.0989. The predicted molar refractivity (Wildman–Crippen MR) is 94.6 cm³/mol. The summed E-state index contributed by atoms with van der Waals surface area (Å²) in [7, 11) is 0. The molecule has 166 valence electrons. The third kappa shape index (κ3) is 4.33. The van der Waals surface area contributed by atoms with E-state index in [0.29, 0.717) is 5.06 Å². The summed E-state index contributed by atoms with van der Waals surface area (Å²) in [4.78, 5) is 28.6. The zero-order valence-corrected chi connectivity index (χ0v) is 16.3. The molecule has 2 bridgehead atoms. The molecule has 1 atom stereocenters. The molecule has 3 fully saturated rings. The van der Waals surface area contributed by atoms with Gasteiger partial charge in [0.25, 0.3) is 5.91 Å². The van der Waals surface area contributed by atoms with Crippen molar-refractivity contribution in [2.45, 2.75) is 55.5 Å². The lowest BCUT2D eigenvalue weighted by Crippen LogP contribution is -2.69. The van der Waals surface area contributed by atoms with Crippen molar-refractivity contribution in [1.29, 1.82) is 0 Å². The van der Waals surface area contributed by atoms with E-state index in [-0.39, 0.29) is 42.9 Å². The van der Waals surface area contributed by atoms with E-state index in [1.54, 1.807) is 0 Å². The Hall–Kier alpha value is -2.11. The summed E-state index contributed by atoms with van der Waals surface area (Å²) in [6.45, 7) is -0.835. The Kier molecular flexibility index (Phi) is 5.91. The fourth-order valence-corrected chi connectivity index (χ4v) is 4.00. The van der Waals surface area contributed by atoms with Crippen LogP contribution in [-0.2, 0) is 14.4 Å². The molecule has 1 aromatic rings. The Morgan fingerprint density at radius 3 is 2.43 bits per heavy atom. The van der Waals surface area contributed by atoms with E-state index < -0.39 is 47.7 Å². The molecule has 1 aromatic carbocycles. The molecule has 3 aliphatic rings. The number of aliphatic hydroxyl groups excluding tert-OH is 1. The van der Waals surface area contributed by atoms with Gasteiger partial charge in [0.2, 0.25) is 0 Å². The fourth-order valence-electron chi connectivity index (χ4n) is 3.88. The smallest absolute Gasteiger partial charge is 0.484 e. The predicted octanol–water partition coefficient (Wildman–Crippen LogP) is 2.48. The topological polar surface area (TPSA) is 102 Å². The summed E-state index contributed by atoms with van der Waals surface area (Å²) in [6.07, 6.45) is -5.87. The number of hydrogen-bond acceptors (Lipinski definition) is 6. The number of halogens is 5. The molecule has 30 heavy (non-hydrogen) atoms. The molecule has 0 radical (unpaired) electrons. The molecule has 7 nitrogen and oxygen atoms in total. The maximum Gasteiger partial charge on any atom is 0.493 e. The molecule has 0 spiro atoms.